The number of anilines is 2. The van der Waals surface area contributed by atoms with Crippen molar-refractivity contribution >= 4 is 68.9 Å². The Morgan fingerprint density at radius 1 is 1.07 bits per heavy atom. The fourth-order valence-electron chi connectivity index (χ4n) is 3.70. The van der Waals surface area contributed by atoms with Gasteiger partial charge < -0.3 is 31.6 Å². The van der Waals surface area contributed by atoms with E-state index in [9.17, 15) is 26.3 Å². The summed E-state index contributed by atoms with van der Waals surface area (Å²) >= 11 is 8.10. The zero-order valence-corrected chi connectivity index (χ0v) is 24.2. The van der Waals surface area contributed by atoms with Gasteiger partial charge in [0.15, 0.2) is 5.16 Å². The number of benzene rings is 1. The third kappa shape index (κ3) is 8.29. The zero-order chi connectivity index (χ0) is 33.1. The number of aliphatic carboxylic acids is 2. The molecule has 238 valence electrons. The highest BCUT2D eigenvalue weighted by Gasteiger charge is 2.39. The monoisotopic (exact) mass is 668 g/mol. The molecule has 4 aromatic rings. The summed E-state index contributed by atoms with van der Waals surface area (Å²) in [6.07, 6.45) is -9.37. The highest BCUT2D eigenvalue weighted by Crippen LogP contribution is 2.38. The largest absolute Gasteiger partial charge is 0.490 e. The molecule has 0 aliphatic carbocycles. The molecule has 0 amide bonds. The van der Waals surface area contributed by atoms with E-state index in [1.807, 2.05) is 25.1 Å². The molecule has 1 saturated heterocycles. The van der Waals surface area contributed by atoms with Crippen LogP contribution in [0.2, 0.25) is 5.02 Å². The van der Waals surface area contributed by atoms with Crippen LogP contribution in [0.1, 0.15) is 18.4 Å². The van der Waals surface area contributed by atoms with Crippen molar-refractivity contribution in [3.63, 3.8) is 0 Å². The third-order valence-electron chi connectivity index (χ3n) is 5.69. The van der Waals surface area contributed by atoms with E-state index in [0.29, 0.717) is 21.8 Å². The predicted octanol–water partition coefficient (Wildman–Crippen LogP) is 4.57. The van der Waals surface area contributed by atoms with E-state index >= 15 is 0 Å². The summed E-state index contributed by atoms with van der Waals surface area (Å²) in [5, 5.41) is 17.3. The van der Waals surface area contributed by atoms with Gasteiger partial charge >= 0.3 is 24.3 Å². The highest BCUT2D eigenvalue weighted by atomic mass is 35.5. The molecular weight excluding hydrogens is 646 g/mol. The molecular formula is C24H23ClF6N8O4S. The summed E-state index contributed by atoms with van der Waals surface area (Å²) < 4.78 is 63.5. The molecule has 7 N–H and O–H groups in total. The van der Waals surface area contributed by atoms with Gasteiger partial charge in [0.2, 0.25) is 0 Å². The summed E-state index contributed by atoms with van der Waals surface area (Å²) in [5.41, 5.74) is 14.5. The maximum Gasteiger partial charge on any atom is 0.490 e. The van der Waals surface area contributed by atoms with Gasteiger partial charge in [0, 0.05) is 35.1 Å². The number of nitrogen functional groups attached to an aromatic ring is 1. The zero-order valence-electron chi connectivity index (χ0n) is 22.6. The van der Waals surface area contributed by atoms with Crippen LogP contribution in [0.15, 0.2) is 28.3 Å². The Hall–Kier alpha value is -4.10. The van der Waals surface area contributed by atoms with Gasteiger partial charge in [-0.05, 0) is 43.3 Å². The predicted molar refractivity (Wildman–Crippen MR) is 149 cm³/mol. The number of nitrogens with one attached hydrogen (secondary N) is 1. The van der Waals surface area contributed by atoms with E-state index < -0.39 is 24.3 Å². The summed E-state index contributed by atoms with van der Waals surface area (Å²) in [6.45, 7) is 5.40. The fourth-order valence-corrected chi connectivity index (χ4v) is 4.84. The van der Waals surface area contributed by atoms with E-state index in [1.54, 1.807) is 0 Å². The minimum atomic E-state index is -5.08. The molecule has 1 aliphatic heterocycles. The number of aromatic nitrogens is 5. The van der Waals surface area contributed by atoms with Crippen molar-refractivity contribution in [2.24, 2.45) is 5.73 Å². The second-order valence-corrected chi connectivity index (χ2v) is 10.5. The Morgan fingerprint density at radius 3 is 2.14 bits per heavy atom. The molecule has 0 saturated carbocycles. The minimum Gasteiger partial charge on any atom is -0.475 e. The van der Waals surface area contributed by atoms with E-state index in [4.69, 9.17) is 52.8 Å². The number of carboxylic acid groups (broad SMARTS) is 2. The van der Waals surface area contributed by atoms with Crippen LogP contribution in [0.3, 0.4) is 0 Å². The number of nitrogens with zero attached hydrogens (tertiary/aromatic N) is 5. The fraction of sp³-hybridized carbons (Fsp3) is 0.333. The van der Waals surface area contributed by atoms with Crippen LogP contribution in [0, 0.1) is 6.92 Å². The Balaban J connectivity index is 0.000000317. The van der Waals surface area contributed by atoms with Crippen molar-refractivity contribution in [1.82, 2.24) is 24.9 Å². The van der Waals surface area contributed by atoms with Gasteiger partial charge in [-0.3, -0.25) is 0 Å². The van der Waals surface area contributed by atoms with Crippen LogP contribution in [0.5, 0.6) is 0 Å². The van der Waals surface area contributed by atoms with Gasteiger partial charge in [0.25, 0.3) is 0 Å². The summed E-state index contributed by atoms with van der Waals surface area (Å²) in [7, 11) is 0. The molecule has 0 spiro atoms. The third-order valence-corrected chi connectivity index (χ3v) is 6.96. The number of hydrogen-bond donors (Lipinski definition) is 5. The highest BCUT2D eigenvalue weighted by molar-refractivity contribution is 7.99. The Kier molecular flexibility index (Phi) is 10.4. The van der Waals surface area contributed by atoms with Gasteiger partial charge in [0.05, 0.1) is 15.9 Å². The molecule has 3 aromatic heterocycles. The van der Waals surface area contributed by atoms with Gasteiger partial charge in [-0.1, -0.05) is 18.5 Å². The number of fused-ring (bicyclic) bond motifs is 2. The topological polar surface area (TPSA) is 197 Å². The first-order chi connectivity index (χ1) is 20.3. The average Bonchev–Trinajstić information content (AvgIpc) is 3.21. The maximum atomic E-state index is 10.6. The lowest BCUT2D eigenvalue weighted by atomic mass is 10.1. The van der Waals surface area contributed by atoms with E-state index in [2.05, 4.69) is 26.8 Å². The second-order valence-electron chi connectivity index (χ2n) is 9.03. The van der Waals surface area contributed by atoms with Crippen LogP contribution in [-0.4, -0.2) is 78.6 Å². The van der Waals surface area contributed by atoms with Gasteiger partial charge in [-0.15, -0.1) is 0 Å². The standard InChI is InChI=1S/C20H21ClN8S.2C2HF3O2/c1-3-13-16(21)15-18(26-13)27-20(28-19(15)29-7-10(22)8-29)30-11-4-5-12-14(6-11)24-9(2)25-17(12)23;2*3-2(4,5)1(6)7/h4-6,10H,3,7-8,22H2,1-2H3,(H2,23,24,25)(H,26,27,28);2*(H,6,7). The molecule has 0 radical (unpaired) electrons. The van der Waals surface area contributed by atoms with Crippen LogP contribution >= 0.6 is 23.4 Å². The number of aryl methyl sites for hydroxylation is 2. The number of rotatable bonds is 4. The van der Waals surface area contributed by atoms with Crippen molar-refractivity contribution in [2.75, 3.05) is 23.7 Å². The SMILES string of the molecule is CCc1[nH]c2nc(Sc3ccc4c(N)nc(C)nc4c3)nc(N3CC(N)C3)c2c1Cl.O=C(O)C(F)(F)F.O=C(O)C(F)(F)F. The molecule has 1 aromatic carbocycles. The first kappa shape index (κ1) is 34.4. The van der Waals surface area contributed by atoms with Gasteiger partial charge in [0.1, 0.15) is 23.1 Å². The van der Waals surface area contributed by atoms with Gasteiger partial charge in [-0.25, -0.2) is 29.5 Å². The minimum absolute atomic E-state index is 0.156. The molecule has 20 heteroatoms. The molecule has 0 bridgehead atoms. The maximum absolute atomic E-state index is 10.6. The molecule has 0 atom stereocenters. The smallest absolute Gasteiger partial charge is 0.475 e. The van der Waals surface area contributed by atoms with Crippen LogP contribution < -0.4 is 16.4 Å². The number of nitrogens with two attached hydrogens (primary N) is 2. The Bertz CT molecular complexity index is 1670. The lowest BCUT2D eigenvalue weighted by Crippen LogP contribution is -2.56. The molecule has 44 heavy (non-hydrogen) atoms. The number of carbonyl (C=O) groups is 2. The van der Waals surface area contributed by atoms with Crippen molar-refractivity contribution in [2.45, 2.75) is 48.7 Å². The van der Waals surface area contributed by atoms with E-state index in [1.165, 1.54) is 11.8 Å². The molecule has 0 unspecified atom stereocenters. The summed E-state index contributed by atoms with van der Waals surface area (Å²) in [4.78, 5) is 42.6. The molecule has 4 heterocycles. The van der Waals surface area contributed by atoms with E-state index in [-0.39, 0.29) is 6.04 Å². The van der Waals surface area contributed by atoms with Crippen LogP contribution in [0.4, 0.5) is 38.0 Å². The first-order valence-corrected chi connectivity index (χ1v) is 13.4. The van der Waals surface area contributed by atoms with Crippen molar-refractivity contribution in [1.29, 1.82) is 0 Å². The van der Waals surface area contributed by atoms with Crippen LogP contribution in [-0.2, 0) is 16.0 Å². The second kappa shape index (κ2) is 13.3. The van der Waals surface area contributed by atoms with Gasteiger partial charge in [-0.2, -0.15) is 26.3 Å². The quantitative estimate of drug-likeness (QED) is 0.150. The van der Waals surface area contributed by atoms with Crippen molar-refractivity contribution < 1.29 is 46.1 Å². The normalized spacial score (nSPS) is 13.5. The number of aromatic amines is 1. The summed E-state index contributed by atoms with van der Waals surface area (Å²) in [5.74, 6) is -3.56. The van der Waals surface area contributed by atoms with E-state index in [0.717, 1.165) is 57.9 Å². The number of hydrogen-bond acceptors (Lipinski definition) is 10. The van der Waals surface area contributed by atoms with Crippen LogP contribution in [0.25, 0.3) is 21.9 Å². The Labute approximate surface area is 252 Å². The first-order valence-electron chi connectivity index (χ1n) is 12.2. The molecule has 1 fully saturated rings. The Morgan fingerprint density at radius 2 is 1.64 bits per heavy atom. The lowest BCUT2D eigenvalue weighted by molar-refractivity contribution is -0.193. The molecule has 1 aliphatic rings. The number of H-pyrrole nitrogens is 1. The number of alkyl halides is 6. The lowest BCUT2D eigenvalue weighted by Gasteiger charge is -2.38. The van der Waals surface area contributed by atoms with Crippen molar-refractivity contribution in [3.05, 3.63) is 34.7 Å². The number of halogens is 7. The molecule has 5 rings (SSSR count). The molecule has 12 nitrogen and oxygen atoms in total. The van der Waals surface area contributed by atoms with Crippen molar-refractivity contribution in [3.8, 4) is 0 Å². The average molecular weight is 669 g/mol. The summed E-state index contributed by atoms with van der Waals surface area (Å²) in [6, 6.07) is 6.05. The number of carboxylic acids is 2.